The van der Waals surface area contributed by atoms with E-state index < -0.39 is 0 Å². The molecule has 4 aromatic heterocycles. The molecule has 0 atom stereocenters. The van der Waals surface area contributed by atoms with Crippen molar-refractivity contribution in [1.82, 2.24) is 24.1 Å². The molecule has 0 spiro atoms. The van der Waals surface area contributed by atoms with Crippen LogP contribution in [0.2, 0.25) is 0 Å². The van der Waals surface area contributed by atoms with Gasteiger partial charge in [0.25, 0.3) is 0 Å². The van der Waals surface area contributed by atoms with Gasteiger partial charge in [-0.1, -0.05) is 146 Å². The molecular weight excluding hydrogens is 795 g/mol. The summed E-state index contributed by atoms with van der Waals surface area (Å²) in [6, 6.07) is 74.9. The van der Waals surface area contributed by atoms with Gasteiger partial charge in [-0.2, -0.15) is 0 Å². The van der Waals surface area contributed by atoms with Crippen molar-refractivity contribution in [2.75, 3.05) is 0 Å². The minimum absolute atomic E-state index is 0.543. The Labute approximate surface area is 371 Å². The third-order valence-electron chi connectivity index (χ3n) is 13.1. The van der Waals surface area contributed by atoms with Gasteiger partial charge in [0.1, 0.15) is 11.3 Å². The summed E-state index contributed by atoms with van der Waals surface area (Å²) in [7, 11) is 0. The van der Waals surface area contributed by atoms with Crippen molar-refractivity contribution in [2.24, 2.45) is 0 Å². The van der Waals surface area contributed by atoms with Gasteiger partial charge in [-0.15, -0.1) is 0 Å². The summed E-state index contributed by atoms with van der Waals surface area (Å²) in [4.78, 5) is 16.5. The molecule has 0 unspecified atom stereocenters. The van der Waals surface area contributed by atoms with Crippen LogP contribution in [0.4, 0.5) is 0 Å². The number of fused-ring (bicyclic) bond motifs is 11. The number of hydrogen-bond acceptors (Lipinski definition) is 4. The normalized spacial score (nSPS) is 12.0. The van der Waals surface area contributed by atoms with E-state index in [1.807, 2.05) is 12.1 Å². The maximum absolute atomic E-state index is 6.99. The summed E-state index contributed by atoms with van der Waals surface area (Å²) in [6.45, 7) is 0. The first-order valence-electron chi connectivity index (χ1n) is 21.9. The first kappa shape index (κ1) is 35.7. The standard InChI is InChI=1S/C59H35N5O/c1-2-19-41(20-3-1)63-50-26-11-8-21-42(50)45-24-14-25-47(54(45)63)58-60-57(40-30-29-36-15-4-5-16-37(36)33-40)61-59(62-58)48-32-31-46-44-23-10-13-28-53(44)65-56(46)55(48)64-51-27-12-9-22-43(51)49-34-38-17-6-7-18-39(38)35-52(49)64/h1-35H. The fourth-order valence-electron chi connectivity index (χ4n) is 10.2. The van der Waals surface area contributed by atoms with Crippen molar-refractivity contribution in [3.8, 4) is 45.5 Å². The number of nitrogens with zero attached hydrogens (tertiary/aromatic N) is 5. The molecule has 0 bridgehead atoms. The fraction of sp³-hybridized carbons (Fsp3) is 0. The van der Waals surface area contributed by atoms with Crippen LogP contribution in [0.3, 0.4) is 0 Å². The lowest BCUT2D eigenvalue weighted by molar-refractivity contribution is 0.666. The molecule has 14 rings (SSSR count). The SMILES string of the molecule is c1ccc(-n2c3ccccc3c3cccc(-c4nc(-c5ccc6ccccc6c5)nc(-c5ccc6c(oc7ccccc76)c5-n5c6ccccc6c6cc7ccccc7cc65)n4)c32)cc1. The molecule has 6 heteroatoms. The van der Waals surface area contributed by atoms with Gasteiger partial charge in [0.2, 0.25) is 0 Å². The summed E-state index contributed by atoms with van der Waals surface area (Å²) in [5, 5.41) is 11.3. The van der Waals surface area contributed by atoms with Crippen LogP contribution >= 0.6 is 0 Å². The highest BCUT2D eigenvalue weighted by Gasteiger charge is 2.26. The van der Waals surface area contributed by atoms with Crippen LogP contribution < -0.4 is 0 Å². The van der Waals surface area contributed by atoms with Gasteiger partial charge >= 0.3 is 0 Å². The number of para-hydroxylation sites is 5. The molecule has 0 N–H and O–H groups in total. The molecule has 0 saturated heterocycles. The highest BCUT2D eigenvalue weighted by Crippen LogP contribution is 2.44. The van der Waals surface area contributed by atoms with Gasteiger partial charge in [-0.05, 0) is 88.3 Å². The molecular formula is C59H35N5O. The van der Waals surface area contributed by atoms with Crippen LogP contribution in [0.15, 0.2) is 217 Å². The first-order chi connectivity index (χ1) is 32.2. The predicted octanol–water partition coefficient (Wildman–Crippen LogP) is 15.3. The van der Waals surface area contributed by atoms with Crippen LogP contribution in [-0.4, -0.2) is 24.1 Å². The van der Waals surface area contributed by atoms with Gasteiger partial charge in [0, 0.05) is 54.7 Å². The number of rotatable bonds is 5. The van der Waals surface area contributed by atoms with E-state index >= 15 is 0 Å². The Bertz CT molecular complexity index is 4250. The van der Waals surface area contributed by atoms with E-state index in [0.29, 0.717) is 17.5 Å². The summed E-state index contributed by atoms with van der Waals surface area (Å²) < 4.78 is 11.7. The number of hydrogen-bond donors (Lipinski definition) is 0. The topological polar surface area (TPSA) is 61.7 Å². The Balaban J connectivity index is 1.13. The van der Waals surface area contributed by atoms with Gasteiger partial charge in [-0.25, -0.2) is 15.0 Å². The van der Waals surface area contributed by atoms with E-state index in [1.165, 1.54) is 5.39 Å². The van der Waals surface area contributed by atoms with Crippen LogP contribution in [0.25, 0.3) is 133 Å². The Hall–Kier alpha value is -8.87. The molecule has 0 fully saturated rings. The summed E-state index contributed by atoms with van der Waals surface area (Å²) in [5.41, 5.74) is 10.4. The van der Waals surface area contributed by atoms with E-state index in [4.69, 9.17) is 19.4 Å². The molecule has 10 aromatic carbocycles. The average Bonchev–Trinajstić information content (AvgIpc) is 4.03. The van der Waals surface area contributed by atoms with Crippen LogP contribution in [0, 0.1) is 0 Å². The minimum atomic E-state index is 0.543. The van der Waals surface area contributed by atoms with Crippen LogP contribution in [-0.2, 0) is 0 Å². The van der Waals surface area contributed by atoms with Crippen LogP contribution in [0.1, 0.15) is 0 Å². The van der Waals surface area contributed by atoms with Crippen LogP contribution in [0.5, 0.6) is 0 Å². The van der Waals surface area contributed by atoms with E-state index in [-0.39, 0.29) is 0 Å². The average molecular weight is 830 g/mol. The van der Waals surface area contributed by atoms with Crippen molar-refractivity contribution in [1.29, 1.82) is 0 Å². The Morgan fingerprint density at radius 2 is 0.938 bits per heavy atom. The summed E-state index contributed by atoms with van der Waals surface area (Å²) in [5.74, 6) is 1.70. The zero-order chi connectivity index (χ0) is 42.6. The highest BCUT2D eigenvalue weighted by molar-refractivity contribution is 6.17. The van der Waals surface area contributed by atoms with Crippen molar-refractivity contribution >= 4 is 87.1 Å². The molecule has 65 heavy (non-hydrogen) atoms. The van der Waals surface area contributed by atoms with Gasteiger partial charge in [0.15, 0.2) is 23.1 Å². The maximum Gasteiger partial charge on any atom is 0.166 e. The number of aromatic nitrogens is 5. The lowest BCUT2D eigenvalue weighted by Crippen LogP contribution is -2.05. The predicted molar refractivity (Wildman–Crippen MR) is 267 cm³/mol. The molecule has 6 nitrogen and oxygen atoms in total. The van der Waals surface area contributed by atoms with E-state index in [2.05, 4.69) is 209 Å². The molecule has 302 valence electrons. The molecule has 0 aliphatic carbocycles. The second-order valence-electron chi connectivity index (χ2n) is 16.8. The Morgan fingerprint density at radius 1 is 0.338 bits per heavy atom. The molecule has 0 saturated carbocycles. The summed E-state index contributed by atoms with van der Waals surface area (Å²) in [6.07, 6.45) is 0. The third kappa shape index (κ3) is 5.38. The van der Waals surface area contributed by atoms with Crippen molar-refractivity contribution in [3.05, 3.63) is 212 Å². The molecule has 0 aliphatic rings. The monoisotopic (exact) mass is 829 g/mol. The number of furan rings is 1. The second kappa shape index (κ2) is 13.8. The zero-order valence-electron chi connectivity index (χ0n) is 34.9. The lowest BCUT2D eigenvalue weighted by atomic mass is 10.0. The maximum atomic E-state index is 6.99. The first-order valence-corrected chi connectivity index (χ1v) is 21.9. The smallest absolute Gasteiger partial charge is 0.166 e. The lowest BCUT2D eigenvalue weighted by Gasteiger charge is -2.16. The van der Waals surface area contributed by atoms with E-state index in [0.717, 1.165) is 110 Å². The molecule has 0 radical (unpaired) electrons. The quantitative estimate of drug-likeness (QED) is 0.173. The van der Waals surface area contributed by atoms with E-state index in [1.54, 1.807) is 0 Å². The Kier molecular flexibility index (Phi) is 7.59. The van der Waals surface area contributed by atoms with E-state index in [9.17, 15) is 0 Å². The molecule has 4 heterocycles. The fourth-order valence-corrected chi connectivity index (χ4v) is 10.2. The largest absolute Gasteiger partial charge is 0.454 e. The highest BCUT2D eigenvalue weighted by atomic mass is 16.3. The molecule has 14 aromatic rings. The van der Waals surface area contributed by atoms with Gasteiger partial charge in [0.05, 0.1) is 22.1 Å². The minimum Gasteiger partial charge on any atom is -0.454 e. The Morgan fingerprint density at radius 3 is 1.74 bits per heavy atom. The van der Waals surface area contributed by atoms with Crippen molar-refractivity contribution < 1.29 is 4.42 Å². The third-order valence-corrected chi connectivity index (χ3v) is 13.1. The molecule has 0 aliphatic heterocycles. The number of benzene rings is 10. The zero-order valence-corrected chi connectivity index (χ0v) is 34.9. The van der Waals surface area contributed by atoms with Gasteiger partial charge < -0.3 is 13.6 Å². The van der Waals surface area contributed by atoms with Crippen molar-refractivity contribution in [2.45, 2.75) is 0 Å². The second-order valence-corrected chi connectivity index (χ2v) is 16.8. The summed E-state index contributed by atoms with van der Waals surface area (Å²) >= 11 is 0. The molecule has 0 amide bonds. The van der Waals surface area contributed by atoms with Crippen molar-refractivity contribution in [3.63, 3.8) is 0 Å². The van der Waals surface area contributed by atoms with Gasteiger partial charge in [-0.3, -0.25) is 0 Å².